The number of nitrogens with one attached hydrogen (secondary N) is 1. The van der Waals surface area contributed by atoms with Gasteiger partial charge in [0.2, 0.25) is 5.91 Å². The van der Waals surface area contributed by atoms with Crippen LogP contribution in [0.3, 0.4) is 0 Å². The molecule has 7 nitrogen and oxygen atoms in total. The van der Waals surface area contributed by atoms with Crippen LogP contribution < -0.4 is 5.32 Å². The van der Waals surface area contributed by atoms with Crippen molar-refractivity contribution in [3.63, 3.8) is 0 Å². The maximum absolute atomic E-state index is 13.5. The van der Waals surface area contributed by atoms with Gasteiger partial charge in [-0.25, -0.2) is 9.97 Å². The van der Waals surface area contributed by atoms with E-state index >= 15 is 0 Å². The molecule has 4 heterocycles. The molecule has 2 saturated heterocycles. The molecule has 2 fully saturated rings. The number of rotatable bonds is 6. The monoisotopic (exact) mass is 442 g/mol. The van der Waals surface area contributed by atoms with Crippen molar-refractivity contribution < 1.29 is 4.79 Å². The van der Waals surface area contributed by atoms with Crippen LogP contribution in [0.2, 0.25) is 0 Å². The Morgan fingerprint density at radius 1 is 1.00 bits per heavy atom. The third kappa shape index (κ3) is 4.73. The van der Waals surface area contributed by atoms with E-state index in [-0.39, 0.29) is 18.0 Å². The van der Waals surface area contributed by atoms with Gasteiger partial charge in [-0.1, -0.05) is 18.2 Å². The van der Waals surface area contributed by atoms with Crippen LogP contribution >= 0.6 is 0 Å². The van der Waals surface area contributed by atoms with Gasteiger partial charge in [-0.15, -0.1) is 0 Å². The van der Waals surface area contributed by atoms with Gasteiger partial charge in [0, 0.05) is 36.3 Å². The fraction of sp³-hybridized carbons (Fsp3) is 0.385. The summed E-state index contributed by atoms with van der Waals surface area (Å²) in [7, 11) is 0. The van der Waals surface area contributed by atoms with Gasteiger partial charge in [0.15, 0.2) is 5.82 Å². The summed E-state index contributed by atoms with van der Waals surface area (Å²) in [5.74, 6) is 1.61. The number of hydrogen-bond acceptors (Lipinski definition) is 6. The average molecular weight is 443 g/mol. The van der Waals surface area contributed by atoms with Crippen molar-refractivity contribution >= 4 is 17.4 Å². The van der Waals surface area contributed by atoms with E-state index in [1.54, 1.807) is 12.4 Å². The molecule has 2 aliphatic rings. The smallest absolute Gasteiger partial charge is 0.240 e. The Morgan fingerprint density at radius 2 is 1.76 bits per heavy atom. The number of carbonyl (C=O) groups is 1. The van der Waals surface area contributed by atoms with Crippen molar-refractivity contribution in [1.82, 2.24) is 24.8 Å². The Morgan fingerprint density at radius 3 is 2.52 bits per heavy atom. The van der Waals surface area contributed by atoms with Crippen LogP contribution in [-0.4, -0.2) is 56.3 Å². The third-order valence-electron chi connectivity index (χ3n) is 6.65. The predicted molar refractivity (Wildman–Crippen MR) is 129 cm³/mol. The normalized spacial score (nSPS) is 19.5. The van der Waals surface area contributed by atoms with E-state index in [2.05, 4.69) is 15.2 Å². The van der Waals surface area contributed by atoms with Crippen molar-refractivity contribution in [2.24, 2.45) is 0 Å². The summed E-state index contributed by atoms with van der Waals surface area (Å²) in [5, 5.41) is 3.41. The summed E-state index contributed by atoms with van der Waals surface area (Å²) in [6, 6.07) is 15.6. The number of carbonyl (C=O) groups excluding carboxylic acids is 1. The third-order valence-corrected chi connectivity index (χ3v) is 6.65. The first-order valence-electron chi connectivity index (χ1n) is 11.8. The first-order chi connectivity index (χ1) is 16.2. The fourth-order valence-electron chi connectivity index (χ4n) is 4.84. The lowest BCUT2D eigenvalue weighted by Gasteiger charge is -2.31. The number of benzene rings is 1. The Kier molecular flexibility index (Phi) is 6.30. The molecule has 2 aromatic heterocycles. The molecule has 0 spiro atoms. The van der Waals surface area contributed by atoms with Crippen LogP contribution in [0.5, 0.6) is 0 Å². The second-order valence-corrected chi connectivity index (χ2v) is 8.83. The van der Waals surface area contributed by atoms with Gasteiger partial charge in [-0.05, 0) is 70.0 Å². The van der Waals surface area contributed by atoms with Crippen molar-refractivity contribution in [1.29, 1.82) is 0 Å². The Hall–Kier alpha value is -3.32. The van der Waals surface area contributed by atoms with Gasteiger partial charge in [0.25, 0.3) is 0 Å². The summed E-state index contributed by atoms with van der Waals surface area (Å²) in [6.07, 6.45) is 7.73. The van der Waals surface area contributed by atoms with E-state index in [0.717, 1.165) is 55.2 Å². The van der Waals surface area contributed by atoms with Crippen LogP contribution in [0, 0.1) is 0 Å². The minimum atomic E-state index is -0.110. The molecular formula is C26H30N6O. The van der Waals surface area contributed by atoms with Crippen molar-refractivity contribution in [2.45, 2.75) is 44.7 Å². The average Bonchev–Trinajstić information content (AvgIpc) is 3.57. The summed E-state index contributed by atoms with van der Waals surface area (Å²) in [6.45, 7) is 4.81. The van der Waals surface area contributed by atoms with E-state index < -0.39 is 0 Å². The number of para-hydroxylation sites is 1. The fourth-order valence-corrected chi connectivity index (χ4v) is 4.84. The number of nitrogens with zero attached hydrogens (tertiary/aromatic N) is 5. The molecule has 0 unspecified atom stereocenters. The Bertz CT molecular complexity index is 1080. The SMILES string of the molecule is C[C@H](C(=O)N1CCC[C@@H]1c1nc(Nc2ccccc2)cc(-c2ccncc2)n1)N1CCCC1. The molecule has 1 aromatic carbocycles. The van der Waals surface area contributed by atoms with Gasteiger partial charge in [-0.2, -0.15) is 0 Å². The maximum Gasteiger partial charge on any atom is 0.240 e. The molecule has 0 bridgehead atoms. The van der Waals surface area contributed by atoms with Crippen molar-refractivity contribution in [3.8, 4) is 11.3 Å². The minimum absolute atomic E-state index is 0.0987. The highest BCUT2D eigenvalue weighted by atomic mass is 16.2. The van der Waals surface area contributed by atoms with Crippen LogP contribution in [0.1, 0.15) is 44.5 Å². The molecular weight excluding hydrogens is 412 g/mol. The predicted octanol–water partition coefficient (Wildman–Crippen LogP) is 4.43. The molecule has 33 heavy (non-hydrogen) atoms. The van der Waals surface area contributed by atoms with Crippen molar-refractivity contribution in [2.75, 3.05) is 25.0 Å². The van der Waals surface area contributed by atoms with E-state index in [1.165, 1.54) is 12.8 Å². The first-order valence-corrected chi connectivity index (χ1v) is 11.8. The highest BCUT2D eigenvalue weighted by molar-refractivity contribution is 5.82. The zero-order valence-corrected chi connectivity index (χ0v) is 19.0. The quantitative estimate of drug-likeness (QED) is 0.609. The number of anilines is 2. The molecule has 7 heteroatoms. The summed E-state index contributed by atoms with van der Waals surface area (Å²) in [4.78, 5) is 31.7. The summed E-state index contributed by atoms with van der Waals surface area (Å²) < 4.78 is 0. The topological polar surface area (TPSA) is 74.2 Å². The van der Waals surface area contributed by atoms with Gasteiger partial charge < -0.3 is 10.2 Å². The molecule has 2 aliphatic heterocycles. The standard InChI is InChI=1S/C26H30N6O/c1-19(31-15-5-6-16-31)26(33)32-17-7-10-23(32)25-29-22(20-11-13-27-14-12-20)18-24(30-25)28-21-8-3-2-4-9-21/h2-4,8-9,11-14,18-19,23H,5-7,10,15-17H2,1H3,(H,28,29,30)/t19-,23-/m1/s1. The Labute approximate surface area is 194 Å². The lowest BCUT2D eigenvalue weighted by atomic mass is 10.1. The molecule has 1 amide bonds. The van der Waals surface area contributed by atoms with Gasteiger partial charge in [-0.3, -0.25) is 14.7 Å². The lowest BCUT2D eigenvalue weighted by molar-refractivity contribution is -0.137. The van der Waals surface area contributed by atoms with E-state index in [9.17, 15) is 4.79 Å². The molecule has 3 aromatic rings. The second kappa shape index (κ2) is 9.67. The number of hydrogen-bond donors (Lipinski definition) is 1. The number of likely N-dealkylation sites (tertiary alicyclic amines) is 2. The molecule has 1 N–H and O–H groups in total. The minimum Gasteiger partial charge on any atom is -0.340 e. The van der Waals surface area contributed by atoms with Crippen molar-refractivity contribution in [3.05, 3.63) is 66.7 Å². The molecule has 2 atom stereocenters. The number of amides is 1. The lowest BCUT2D eigenvalue weighted by Crippen LogP contribution is -2.46. The number of aromatic nitrogens is 3. The summed E-state index contributed by atoms with van der Waals surface area (Å²) >= 11 is 0. The molecule has 0 radical (unpaired) electrons. The number of pyridine rings is 1. The largest absolute Gasteiger partial charge is 0.340 e. The van der Waals surface area contributed by atoms with Gasteiger partial charge in [0.1, 0.15) is 5.82 Å². The van der Waals surface area contributed by atoms with Gasteiger partial charge in [0.05, 0.1) is 17.8 Å². The highest BCUT2D eigenvalue weighted by Gasteiger charge is 2.36. The molecule has 5 rings (SSSR count). The zero-order chi connectivity index (χ0) is 22.6. The first kappa shape index (κ1) is 21.5. The van der Waals surface area contributed by atoms with Crippen LogP contribution in [0.15, 0.2) is 60.9 Å². The van der Waals surface area contributed by atoms with Crippen LogP contribution in [-0.2, 0) is 4.79 Å². The zero-order valence-electron chi connectivity index (χ0n) is 19.0. The molecule has 170 valence electrons. The van der Waals surface area contributed by atoms with Crippen LogP contribution in [0.25, 0.3) is 11.3 Å². The molecule has 0 aliphatic carbocycles. The maximum atomic E-state index is 13.5. The van der Waals surface area contributed by atoms with E-state index in [0.29, 0.717) is 5.82 Å². The highest BCUT2D eigenvalue weighted by Crippen LogP contribution is 2.33. The Balaban J connectivity index is 1.47. The van der Waals surface area contributed by atoms with Gasteiger partial charge >= 0.3 is 0 Å². The van der Waals surface area contributed by atoms with E-state index in [1.807, 2.05) is 60.4 Å². The summed E-state index contributed by atoms with van der Waals surface area (Å²) in [5.41, 5.74) is 2.77. The van der Waals surface area contributed by atoms with Crippen LogP contribution in [0.4, 0.5) is 11.5 Å². The second-order valence-electron chi connectivity index (χ2n) is 8.83. The van der Waals surface area contributed by atoms with E-state index in [4.69, 9.17) is 9.97 Å². The molecule has 0 saturated carbocycles.